The van der Waals surface area contributed by atoms with Gasteiger partial charge in [0.15, 0.2) is 0 Å². The van der Waals surface area contributed by atoms with E-state index < -0.39 is 0 Å². The summed E-state index contributed by atoms with van der Waals surface area (Å²) < 4.78 is 7.69. The van der Waals surface area contributed by atoms with Crippen molar-refractivity contribution in [3.8, 4) is 5.75 Å². The van der Waals surface area contributed by atoms with Crippen molar-refractivity contribution in [2.75, 3.05) is 6.54 Å². The fourth-order valence-electron chi connectivity index (χ4n) is 3.16. The predicted octanol–water partition coefficient (Wildman–Crippen LogP) is 2.15. The van der Waals surface area contributed by atoms with Gasteiger partial charge in [-0.15, -0.1) is 5.10 Å². The van der Waals surface area contributed by atoms with Crippen molar-refractivity contribution in [1.82, 2.24) is 25.5 Å². The van der Waals surface area contributed by atoms with Gasteiger partial charge in [0.05, 0.1) is 13.1 Å². The smallest absolute Gasteiger partial charge is 0.251 e. The first-order chi connectivity index (χ1) is 13.2. The van der Waals surface area contributed by atoms with Crippen molar-refractivity contribution in [2.24, 2.45) is 0 Å². The van der Waals surface area contributed by atoms with Gasteiger partial charge in [-0.05, 0) is 59.5 Å². The highest BCUT2D eigenvalue weighted by molar-refractivity contribution is 5.94. The van der Waals surface area contributed by atoms with Crippen molar-refractivity contribution in [3.05, 3.63) is 71.0 Å². The third-order valence-corrected chi connectivity index (χ3v) is 4.75. The van der Waals surface area contributed by atoms with Gasteiger partial charge in [0.1, 0.15) is 17.7 Å². The standard InChI is InChI=1S/C20H21N5O2/c1-14-22-23-24-25(14)13-15-6-8-17(9-7-15)20(26)21-12-18-11-10-16-4-2-3-5-19(16)27-18/h2-9,18H,10-13H2,1H3,(H,21,26). The van der Waals surface area contributed by atoms with Gasteiger partial charge in [-0.25, -0.2) is 4.68 Å². The highest BCUT2D eigenvalue weighted by atomic mass is 16.5. The Morgan fingerprint density at radius 1 is 1.22 bits per heavy atom. The zero-order valence-electron chi connectivity index (χ0n) is 15.1. The highest BCUT2D eigenvalue weighted by Crippen LogP contribution is 2.26. The van der Waals surface area contributed by atoms with Crippen LogP contribution in [-0.4, -0.2) is 38.8 Å². The molecule has 1 amide bonds. The molecule has 1 aromatic heterocycles. The molecule has 0 bridgehead atoms. The number of hydrogen-bond donors (Lipinski definition) is 1. The lowest BCUT2D eigenvalue weighted by atomic mass is 10.0. The van der Waals surface area contributed by atoms with Crippen molar-refractivity contribution < 1.29 is 9.53 Å². The minimum Gasteiger partial charge on any atom is -0.488 e. The van der Waals surface area contributed by atoms with Gasteiger partial charge < -0.3 is 10.1 Å². The van der Waals surface area contributed by atoms with Gasteiger partial charge in [-0.3, -0.25) is 4.79 Å². The number of benzene rings is 2. The number of para-hydroxylation sites is 1. The molecule has 0 radical (unpaired) electrons. The Balaban J connectivity index is 1.32. The summed E-state index contributed by atoms with van der Waals surface area (Å²) >= 11 is 0. The van der Waals surface area contributed by atoms with E-state index in [-0.39, 0.29) is 12.0 Å². The van der Waals surface area contributed by atoms with Crippen molar-refractivity contribution in [2.45, 2.75) is 32.4 Å². The lowest BCUT2D eigenvalue weighted by Crippen LogP contribution is -2.37. The number of amides is 1. The Morgan fingerprint density at radius 3 is 2.81 bits per heavy atom. The fourth-order valence-corrected chi connectivity index (χ4v) is 3.16. The first-order valence-corrected chi connectivity index (χ1v) is 9.03. The van der Waals surface area contributed by atoms with E-state index in [4.69, 9.17) is 4.74 Å². The summed E-state index contributed by atoms with van der Waals surface area (Å²) in [6, 6.07) is 15.5. The van der Waals surface area contributed by atoms with E-state index in [1.807, 2.05) is 49.4 Å². The second-order valence-corrected chi connectivity index (χ2v) is 6.68. The molecule has 1 unspecified atom stereocenters. The first-order valence-electron chi connectivity index (χ1n) is 9.03. The van der Waals surface area contributed by atoms with E-state index in [1.165, 1.54) is 5.56 Å². The zero-order valence-corrected chi connectivity index (χ0v) is 15.1. The lowest BCUT2D eigenvalue weighted by Gasteiger charge is -2.26. The number of carbonyl (C=O) groups excluding carboxylic acids is 1. The second-order valence-electron chi connectivity index (χ2n) is 6.68. The lowest BCUT2D eigenvalue weighted by molar-refractivity contribution is 0.0918. The van der Waals surface area contributed by atoms with Crippen LogP contribution in [0.15, 0.2) is 48.5 Å². The molecule has 2 heterocycles. The number of aryl methyl sites for hydroxylation is 2. The molecule has 3 aromatic rings. The van der Waals surface area contributed by atoms with Crippen LogP contribution in [0.5, 0.6) is 5.75 Å². The Labute approximate surface area is 157 Å². The molecular formula is C20H21N5O2. The second kappa shape index (κ2) is 7.57. The van der Waals surface area contributed by atoms with E-state index in [2.05, 4.69) is 26.9 Å². The fraction of sp³-hybridized carbons (Fsp3) is 0.300. The Hall–Kier alpha value is -3.22. The molecule has 7 heteroatoms. The van der Waals surface area contributed by atoms with Crippen LogP contribution in [0, 0.1) is 6.92 Å². The number of nitrogens with zero attached hydrogens (tertiary/aromatic N) is 4. The molecule has 138 valence electrons. The van der Waals surface area contributed by atoms with Crippen molar-refractivity contribution in [1.29, 1.82) is 0 Å². The molecule has 0 saturated heterocycles. The number of ether oxygens (including phenoxy) is 1. The molecule has 1 aliphatic heterocycles. The first kappa shape index (κ1) is 17.2. The number of fused-ring (bicyclic) bond motifs is 1. The minimum atomic E-state index is -0.0948. The van der Waals surface area contributed by atoms with Crippen LogP contribution in [0.4, 0.5) is 0 Å². The van der Waals surface area contributed by atoms with Crippen LogP contribution >= 0.6 is 0 Å². The molecule has 0 spiro atoms. The number of carbonyl (C=O) groups is 1. The molecule has 2 aromatic carbocycles. The number of nitrogens with one attached hydrogen (secondary N) is 1. The number of aromatic nitrogens is 4. The predicted molar refractivity (Wildman–Crippen MR) is 99.6 cm³/mol. The molecular weight excluding hydrogens is 342 g/mol. The van der Waals surface area contributed by atoms with E-state index >= 15 is 0 Å². The molecule has 4 rings (SSSR count). The van der Waals surface area contributed by atoms with Gasteiger partial charge in [0.2, 0.25) is 0 Å². The minimum absolute atomic E-state index is 0.00548. The summed E-state index contributed by atoms with van der Waals surface area (Å²) in [6.07, 6.45) is 1.88. The normalized spacial score (nSPS) is 15.7. The molecule has 1 N–H and O–H groups in total. The summed E-state index contributed by atoms with van der Waals surface area (Å²) in [6.45, 7) is 2.93. The van der Waals surface area contributed by atoms with E-state index in [9.17, 15) is 4.79 Å². The summed E-state index contributed by atoms with van der Waals surface area (Å²) in [5.74, 6) is 1.58. The van der Waals surface area contributed by atoms with Crippen molar-refractivity contribution in [3.63, 3.8) is 0 Å². The van der Waals surface area contributed by atoms with E-state index in [0.29, 0.717) is 18.7 Å². The van der Waals surface area contributed by atoms with E-state index in [1.54, 1.807) is 4.68 Å². The summed E-state index contributed by atoms with van der Waals surface area (Å²) in [5, 5.41) is 14.4. The maximum Gasteiger partial charge on any atom is 0.251 e. The Bertz CT molecular complexity index is 936. The van der Waals surface area contributed by atoms with Gasteiger partial charge in [-0.2, -0.15) is 0 Å². The number of tetrazole rings is 1. The van der Waals surface area contributed by atoms with Gasteiger partial charge >= 0.3 is 0 Å². The topological polar surface area (TPSA) is 81.9 Å². The van der Waals surface area contributed by atoms with Gasteiger partial charge in [-0.1, -0.05) is 30.3 Å². The summed E-state index contributed by atoms with van der Waals surface area (Å²) in [7, 11) is 0. The largest absolute Gasteiger partial charge is 0.488 e. The average molecular weight is 363 g/mol. The molecule has 1 aliphatic rings. The molecule has 0 saturated carbocycles. The Morgan fingerprint density at radius 2 is 2.04 bits per heavy atom. The number of hydrogen-bond acceptors (Lipinski definition) is 5. The third kappa shape index (κ3) is 3.97. The van der Waals surface area contributed by atoms with Crippen LogP contribution in [0.2, 0.25) is 0 Å². The monoisotopic (exact) mass is 363 g/mol. The van der Waals surface area contributed by atoms with Crippen LogP contribution in [-0.2, 0) is 13.0 Å². The van der Waals surface area contributed by atoms with Gasteiger partial charge in [0.25, 0.3) is 5.91 Å². The molecule has 0 fully saturated rings. The maximum absolute atomic E-state index is 12.4. The number of rotatable bonds is 5. The third-order valence-electron chi connectivity index (χ3n) is 4.75. The summed E-state index contributed by atoms with van der Waals surface area (Å²) in [4.78, 5) is 12.4. The van der Waals surface area contributed by atoms with Crippen LogP contribution in [0.25, 0.3) is 0 Å². The average Bonchev–Trinajstić information content (AvgIpc) is 3.11. The van der Waals surface area contributed by atoms with Crippen LogP contribution in [0.3, 0.4) is 0 Å². The van der Waals surface area contributed by atoms with Gasteiger partial charge in [0, 0.05) is 5.56 Å². The SMILES string of the molecule is Cc1nnnn1Cc1ccc(C(=O)NCC2CCc3ccccc3O2)cc1. The van der Waals surface area contributed by atoms with Crippen LogP contribution in [0.1, 0.15) is 33.7 Å². The van der Waals surface area contributed by atoms with E-state index in [0.717, 1.165) is 30.0 Å². The summed E-state index contributed by atoms with van der Waals surface area (Å²) in [5.41, 5.74) is 2.89. The highest BCUT2D eigenvalue weighted by Gasteiger charge is 2.20. The van der Waals surface area contributed by atoms with Crippen molar-refractivity contribution >= 4 is 5.91 Å². The molecule has 1 atom stereocenters. The maximum atomic E-state index is 12.4. The van der Waals surface area contributed by atoms with Crippen LogP contribution < -0.4 is 10.1 Å². The quantitative estimate of drug-likeness (QED) is 0.751. The molecule has 27 heavy (non-hydrogen) atoms. The molecule has 7 nitrogen and oxygen atoms in total. The molecule has 0 aliphatic carbocycles. The Kier molecular flexibility index (Phi) is 4.82. The zero-order chi connectivity index (χ0) is 18.6.